The summed E-state index contributed by atoms with van der Waals surface area (Å²) in [6.07, 6.45) is 0. The third kappa shape index (κ3) is 2.71. The molecule has 2 nitrogen and oxygen atoms in total. The molecule has 0 unspecified atom stereocenters. The monoisotopic (exact) mass is 241 g/mol. The van der Waals surface area contributed by atoms with Crippen LogP contribution in [0.5, 0.6) is 5.75 Å². The van der Waals surface area contributed by atoms with Gasteiger partial charge in [0.05, 0.1) is 0 Å². The number of benzene rings is 2. The topological polar surface area (TPSA) is 35.2 Å². The van der Waals surface area contributed by atoms with Crippen LogP contribution >= 0.6 is 0 Å². The molecule has 2 rings (SSSR count). The van der Waals surface area contributed by atoms with Gasteiger partial charge in [0, 0.05) is 12.1 Å². The van der Waals surface area contributed by atoms with Gasteiger partial charge in [0.25, 0.3) is 0 Å². The van der Waals surface area contributed by atoms with Gasteiger partial charge in [-0.2, -0.15) is 0 Å². The maximum Gasteiger partial charge on any atom is 0.128 e. The second-order valence-corrected chi connectivity index (χ2v) is 4.79. The summed E-state index contributed by atoms with van der Waals surface area (Å²) in [7, 11) is 0. The normalized spacial score (nSPS) is 11.3. The molecule has 0 aliphatic carbocycles. The Bertz CT molecular complexity index is 506. The molecule has 0 fully saturated rings. The molecule has 18 heavy (non-hydrogen) atoms. The molecule has 0 bridgehead atoms. The van der Waals surface area contributed by atoms with Gasteiger partial charge in [-0.3, -0.25) is 0 Å². The van der Waals surface area contributed by atoms with Gasteiger partial charge in [-0.25, -0.2) is 0 Å². The van der Waals surface area contributed by atoms with E-state index in [1.807, 2.05) is 42.5 Å². The molecule has 0 saturated carbocycles. The van der Waals surface area contributed by atoms with E-state index >= 15 is 0 Å². The summed E-state index contributed by atoms with van der Waals surface area (Å²) in [6.45, 7) is 4.62. The zero-order chi connectivity index (χ0) is 13.0. The SMILES string of the molecule is CC(C)(Oc1ccccc1CN)c1ccccc1. The Balaban J connectivity index is 2.28. The Morgan fingerprint density at radius 2 is 1.56 bits per heavy atom. The summed E-state index contributed by atoms with van der Waals surface area (Å²) in [5, 5.41) is 0. The predicted octanol–water partition coefficient (Wildman–Crippen LogP) is 3.46. The van der Waals surface area contributed by atoms with E-state index in [-0.39, 0.29) is 5.60 Å². The number of para-hydroxylation sites is 1. The van der Waals surface area contributed by atoms with Crippen LogP contribution in [0.15, 0.2) is 54.6 Å². The lowest BCUT2D eigenvalue weighted by atomic mass is 9.98. The van der Waals surface area contributed by atoms with Gasteiger partial charge in [0.2, 0.25) is 0 Å². The van der Waals surface area contributed by atoms with Crippen LogP contribution in [0.2, 0.25) is 0 Å². The minimum absolute atomic E-state index is 0.369. The van der Waals surface area contributed by atoms with Crippen LogP contribution in [0.3, 0.4) is 0 Å². The number of hydrogen-bond acceptors (Lipinski definition) is 2. The largest absolute Gasteiger partial charge is 0.483 e. The molecule has 0 heterocycles. The fourth-order valence-corrected chi connectivity index (χ4v) is 1.95. The smallest absolute Gasteiger partial charge is 0.128 e. The summed E-state index contributed by atoms with van der Waals surface area (Å²) >= 11 is 0. The van der Waals surface area contributed by atoms with Crippen LogP contribution in [0.25, 0.3) is 0 Å². The van der Waals surface area contributed by atoms with Crippen molar-refractivity contribution >= 4 is 0 Å². The maximum atomic E-state index is 6.13. The van der Waals surface area contributed by atoms with Crippen molar-refractivity contribution in [2.24, 2.45) is 5.73 Å². The molecule has 0 amide bonds. The van der Waals surface area contributed by atoms with Crippen molar-refractivity contribution in [2.45, 2.75) is 26.0 Å². The summed E-state index contributed by atoms with van der Waals surface area (Å²) in [4.78, 5) is 0. The highest BCUT2D eigenvalue weighted by atomic mass is 16.5. The van der Waals surface area contributed by atoms with E-state index in [0.717, 1.165) is 16.9 Å². The van der Waals surface area contributed by atoms with Gasteiger partial charge in [0.15, 0.2) is 0 Å². The molecule has 0 radical (unpaired) electrons. The first kappa shape index (κ1) is 12.7. The van der Waals surface area contributed by atoms with Crippen molar-refractivity contribution in [3.05, 3.63) is 65.7 Å². The van der Waals surface area contributed by atoms with Crippen molar-refractivity contribution in [3.63, 3.8) is 0 Å². The quantitative estimate of drug-likeness (QED) is 0.889. The van der Waals surface area contributed by atoms with Crippen molar-refractivity contribution in [1.82, 2.24) is 0 Å². The first-order valence-electron chi connectivity index (χ1n) is 6.16. The van der Waals surface area contributed by atoms with E-state index in [0.29, 0.717) is 6.54 Å². The van der Waals surface area contributed by atoms with E-state index in [2.05, 4.69) is 26.0 Å². The van der Waals surface area contributed by atoms with Crippen LogP contribution in [0, 0.1) is 0 Å². The van der Waals surface area contributed by atoms with Crippen molar-refractivity contribution in [2.75, 3.05) is 0 Å². The van der Waals surface area contributed by atoms with E-state index in [1.54, 1.807) is 0 Å². The zero-order valence-corrected chi connectivity index (χ0v) is 10.9. The first-order valence-corrected chi connectivity index (χ1v) is 6.16. The second kappa shape index (κ2) is 5.23. The standard InChI is InChI=1S/C16H19NO/c1-16(2,14-9-4-3-5-10-14)18-15-11-7-6-8-13(15)12-17/h3-11H,12,17H2,1-2H3. The average Bonchev–Trinajstić information content (AvgIpc) is 2.40. The average molecular weight is 241 g/mol. The van der Waals surface area contributed by atoms with E-state index in [9.17, 15) is 0 Å². The summed E-state index contributed by atoms with van der Waals surface area (Å²) in [5.41, 5.74) is 7.54. The molecule has 0 aliphatic rings. The van der Waals surface area contributed by atoms with Gasteiger partial charge in [-0.05, 0) is 25.5 Å². The van der Waals surface area contributed by atoms with Crippen LogP contribution < -0.4 is 10.5 Å². The van der Waals surface area contributed by atoms with Gasteiger partial charge >= 0.3 is 0 Å². The number of ether oxygens (including phenoxy) is 1. The number of nitrogens with two attached hydrogens (primary N) is 1. The Morgan fingerprint density at radius 1 is 0.944 bits per heavy atom. The molecule has 2 N–H and O–H groups in total. The highest BCUT2D eigenvalue weighted by Crippen LogP contribution is 2.29. The number of rotatable bonds is 4. The lowest BCUT2D eigenvalue weighted by Crippen LogP contribution is -2.25. The fraction of sp³-hybridized carbons (Fsp3) is 0.250. The van der Waals surface area contributed by atoms with E-state index in [1.165, 1.54) is 0 Å². The van der Waals surface area contributed by atoms with Gasteiger partial charge < -0.3 is 10.5 Å². The molecule has 0 aromatic heterocycles. The minimum atomic E-state index is -0.369. The molecule has 2 aromatic carbocycles. The molecule has 2 heteroatoms. The van der Waals surface area contributed by atoms with Crippen LogP contribution in [-0.2, 0) is 12.1 Å². The molecule has 0 spiro atoms. The molecule has 2 aromatic rings. The van der Waals surface area contributed by atoms with Crippen molar-refractivity contribution in [3.8, 4) is 5.75 Å². The predicted molar refractivity (Wildman–Crippen MR) is 74.4 cm³/mol. The van der Waals surface area contributed by atoms with Crippen LogP contribution in [0.1, 0.15) is 25.0 Å². The third-order valence-electron chi connectivity index (χ3n) is 3.03. The Hall–Kier alpha value is -1.80. The molecular weight excluding hydrogens is 222 g/mol. The maximum absolute atomic E-state index is 6.13. The van der Waals surface area contributed by atoms with Crippen LogP contribution in [-0.4, -0.2) is 0 Å². The fourth-order valence-electron chi connectivity index (χ4n) is 1.95. The molecule has 0 atom stereocenters. The Labute approximate surface area is 108 Å². The molecular formula is C16H19NO. The molecule has 0 saturated heterocycles. The number of hydrogen-bond donors (Lipinski definition) is 1. The lowest BCUT2D eigenvalue weighted by Gasteiger charge is -2.28. The lowest BCUT2D eigenvalue weighted by molar-refractivity contribution is 0.107. The summed E-state index contributed by atoms with van der Waals surface area (Å²) in [6, 6.07) is 18.1. The van der Waals surface area contributed by atoms with Gasteiger partial charge in [-0.15, -0.1) is 0 Å². The van der Waals surface area contributed by atoms with E-state index in [4.69, 9.17) is 10.5 Å². The minimum Gasteiger partial charge on any atom is -0.483 e. The third-order valence-corrected chi connectivity index (χ3v) is 3.03. The summed E-state index contributed by atoms with van der Waals surface area (Å²) < 4.78 is 6.13. The van der Waals surface area contributed by atoms with Crippen LogP contribution in [0.4, 0.5) is 0 Å². The Morgan fingerprint density at radius 3 is 2.22 bits per heavy atom. The highest BCUT2D eigenvalue weighted by Gasteiger charge is 2.23. The zero-order valence-electron chi connectivity index (χ0n) is 10.9. The first-order chi connectivity index (χ1) is 8.63. The summed E-state index contributed by atoms with van der Waals surface area (Å²) in [5.74, 6) is 0.855. The highest BCUT2D eigenvalue weighted by molar-refractivity contribution is 5.35. The Kier molecular flexibility index (Phi) is 3.68. The van der Waals surface area contributed by atoms with Gasteiger partial charge in [-0.1, -0.05) is 48.5 Å². The van der Waals surface area contributed by atoms with Gasteiger partial charge in [0.1, 0.15) is 11.4 Å². The van der Waals surface area contributed by atoms with Crippen molar-refractivity contribution < 1.29 is 4.74 Å². The van der Waals surface area contributed by atoms with Crippen molar-refractivity contribution in [1.29, 1.82) is 0 Å². The second-order valence-electron chi connectivity index (χ2n) is 4.79. The molecule has 0 aliphatic heterocycles. The van der Waals surface area contributed by atoms with E-state index < -0.39 is 0 Å². The molecule has 94 valence electrons.